The van der Waals surface area contributed by atoms with E-state index in [1.54, 1.807) is 0 Å². The van der Waals surface area contributed by atoms with Gasteiger partial charge >= 0.3 is 0 Å². The lowest BCUT2D eigenvalue weighted by molar-refractivity contribution is 1.28. The van der Waals surface area contributed by atoms with Crippen LogP contribution in [0.2, 0.25) is 0 Å². The average Bonchev–Trinajstić information content (AvgIpc) is 3.29. The number of hydrogen-bond donors (Lipinski definition) is 0. The molecule has 0 unspecified atom stereocenters. The van der Waals surface area contributed by atoms with Crippen molar-refractivity contribution in [1.82, 2.24) is 0 Å². The Balaban J connectivity index is 1.06. The molecule has 0 saturated heterocycles. The molecule has 0 aliphatic rings. The zero-order chi connectivity index (χ0) is 37.7. The van der Waals surface area contributed by atoms with Gasteiger partial charge in [0.15, 0.2) is 0 Å². The Morgan fingerprint density at radius 2 is 0.702 bits per heavy atom. The molecule has 0 atom stereocenters. The average molecular weight is 724 g/mol. The zero-order valence-electron chi connectivity index (χ0n) is 31.3. The van der Waals surface area contributed by atoms with Gasteiger partial charge in [-0.25, -0.2) is 0 Å². The number of nitrogens with zero attached hydrogens (tertiary/aromatic N) is 1. The normalized spacial score (nSPS) is 11.5. The Labute approximate surface area is 332 Å². The van der Waals surface area contributed by atoms with Crippen molar-refractivity contribution in [2.24, 2.45) is 0 Å². The van der Waals surface area contributed by atoms with Crippen LogP contribution in [0.15, 0.2) is 224 Å². The SMILES string of the molecule is c1ccc(-c2ccc(N(c3ccc(-c4cccc5ccccc45)cc3)c3cccc(-c4cccc5c4ccc4ccc6ccc7ccccc7c6c45)c3)cc2)cc1. The fourth-order valence-electron chi connectivity index (χ4n) is 8.89. The highest BCUT2D eigenvalue weighted by Crippen LogP contribution is 2.42. The van der Waals surface area contributed by atoms with Crippen LogP contribution in [0.5, 0.6) is 0 Å². The van der Waals surface area contributed by atoms with Gasteiger partial charge in [-0.3, -0.25) is 0 Å². The highest BCUT2D eigenvalue weighted by atomic mass is 15.1. The summed E-state index contributed by atoms with van der Waals surface area (Å²) in [6.07, 6.45) is 0. The maximum atomic E-state index is 2.38. The standard InChI is InChI=1S/C56H37N/c1-2-11-38(12-3-1)39-27-32-46(33-28-39)57(47-34-29-42(30-35-47)50-20-9-15-40-13-4-6-18-49(40)50)48-17-8-16-45(37-48)51-21-10-22-54-53(51)36-31-44-26-25-43-24-23-41-14-5-7-19-52(41)55(43)56(44)54/h1-37H. The largest absolute Gasteiger partial charge is 0.310 e. The molecule has 0 fully saturated rings. The van der Waals surface area contributed by atoms with Gasteiger partial charge in [-0.2, -0.15) is 0 Å². The molecule has 57 heavy (non-hydrogen) atoms. The van der Waals surface area contributed by atoms with E-state index in [0.717, 1.165) is 17.1 Å². The van der Waals surface area contributed by atoms with Crippen molar-refractivity contribution in [1.29, 1.82) is 0 Å². The van der Waals surface area contributed by atoms with Gasteiger partial charge in [-0.05, 0) is 124 Å². The van der Waals surface area contributed by atoms with Gasteiger partial charge in [-0.15, -0.1) is 0 Å². The minimum absolute atomic E-state index is 1.10. The first-order valence-corrected chi connectivity index (χ1v) is 19.7. The maximum absolute atomic E-state index is 2.38. The first-order chi connectivity index (χ1) is 28.3. The highest BCUT2D eigenvalue weighted by molar-refractivity contribution is 6.28. The van der Waals surface area contributed by atoms with Crippen molar-refractivity contribution in [2.75, 3.05) is 4.90 Å². The third kappa shape index (κ3) is 5.72. The molecule has 0 radical (unpaired) electrons. The molecular weight excluding hydrogens is 687 g/mol. The molecule has 0 aliphatic carbocycles. The van der Waals surface area contributed by atoms with Crippen LogP contribution in [-0.2, 0) is 0 Å². The summed E-state index contributed by atoms with van der Waals surface area (Å²) in [7, 11) is 0. The molecule has 1 nitrogen and oxygen atoms in total. The van der Waals surface area contributed by atoms with Gasteiger partial charge in [0, 0.05) is 17.1 Å². The van der Waals surface area contributed by atoms with Crippen molar-refractivity contribution in [3.8, 4) is 33.4 Å². The minimum atomic E-state index is 1.10. The van der Waals surface area contributed by atoms with Gasteiger partial charge in [0.05, 0.1) is 0 Å². The summed E-state index contributed by atoms with van der Waals surface area (Å²) in [6, 6.07) is 82.0. The quantitative estimate of drug-likeness (QED) is 0.154. The smallest absolute Gasteiger partial charge is 0.0467 e. The molecule has 0 heterocycles. The molecule has 0 aliphatic heterocycles. The topological polar surface area (TPSA) is 3.24 Å². The van der Waals surface area contributed by atoms with Gasteiger partial charge in [0.2, 0.25) is 0 Å². The molecule has 0 aromatic heterocycles. The zero-order valence-corrected chi connectivity index (χ0v) is 31.3. The van der Waals surface area contributed by atoms with E-state index < -0.39 is 0 Å². The van der Waals surface area contributed by atoms with Gasteiger partial charge < -0.3 is 4.90 Å². The molecule has 0 bridgehead atoms. The fraction of sp³-hybridized carbons (Fsp3) is 0. The number of anilines is 3. The molecular formula is C56H37N. The summed E-state index contributed by atoms with van der Waals surface area (Å²) in [4.78, 5) is 2.38. The second-order valence-electron chi connectivity index (χ2n) is 14.9. The first kappa shape index (κ1) is 32.9. The van der Waals surface area contributed by atoms with Crippen LogP contribution < -0.4 is 4.90 Å². The van der Waals surface area contributed by atoms with Crippen LogP contribution in [0.3, 0.4) is 0 Å². The summed E-state index contributed by atoms with van der Waals surface area (Å²) in [6.45, 7) is 0. The summed E-state index contributed by atoms with van der Waals surface area (Å²) in [5, 5.41) is 12.7. The molecule has 0 saturated carbocycles. The molecule has 1 heteroatoms. The lowest BCUT2D eigenvalue weighted by atomic mass is 9.90. The molecule has 11 aromatic rings. The summed E-state index contributed by atoms with van der Waals surface area (Å²) < 4.78 is 0. The van der Waals surface area contributed by atoms with E-state index in [4.69, 9.17) is 0 Å². The van der Waals surface area contributed by atoms with Crippen LogP contribution >= 0.6 is 0 Å². The molecule has 0 N–H and O–H groups in total. The third-order valence-electron chi connectivity index (χ3n) is 11.6. The fourth-order valence-corrected chi connectivity index (χ4v) is 8.89. The molecule has 0 spiro atoms. The van der Waals surface area contributed by atoms with E-state index >= 15 is 0 Å². The van der Waals surface area contributed by atoms with E-state index in [-0.39, 0.29) is 0 Å². The Bertz CT molecular complexity index is 3260. The maximum Gasteiger partial charge on any atom is 0.0467 e. The van der Waals surface area contributed by atoms with E-state index in [1.807, 2.05) is 0 Å². The number of rotatable bonds is 6. The van der Waals surface area contributed by atoms with E-state index in [1.165, 1.54) is 87.2 Å². The third-order valence-corrected chi connectivity index (χ3v) is 11.6. The Hall–Kier alpha value is -7.48. The summed E-state index contributed by atoms with van der Waals surface area (Å²) in [5.74, 6) is 0. The Morgan fingerprint density at radius 1 is 0.228 bits per heavy atom. The molecule has 0 amide bonds. The predicted octanol–water partition coefficient (Wildman–Crippen LogP) is 15.9. The van der Waals surface area contributed by atoms with E-state index in [0.29, 0.717) is 0 Å². The van der Waals surface area contributed by atoms with Crippen molar-refractivity contribution >= 4 is 70.9 Å². The number of hydrogen-bond acceptors (Lipinski definition) is 1. The van der Waals surface area contributed by atoms with Crippen molar-refractivity contribution < 1.29 is 0 Å². The highest BCUT2D eigenvalue weighted by Gasteiger charge is 2.17. The molecule has 11 rings (SSSR count). The van der Waals surface area contributed by atoms with Crippen molar-refractivity contribution in [2.45, 2.75) is 0 Å². The van der Waals surface area contributed by atoms with E-state index in [2.05, 4.69) is 229 Å². The van der Waals surface area contributed by atoms with Crippen LogP contribution in [0.4, 0.5) is 17.1 Å². The van der Waals surface area contributed by atoms with Gasteiger partial charge in [0.25, 0.3) is 0 Å². The molecule has 266 valence electrons. The Kier molecular flexibility index (Phi) is 7.89. The minimum Gasteiger partial charge on any atom is -0.310 e. The van der Waals surface area contributed by atoms with Crippen molar-refractivity contribution in [3.63, 3.8) is 0 Å². The first-order valence-electron chi connectivity index (χ1n) is 19.7. The van der Waals surface area contributed by atoms with Crippen LogP contribution in [0.1, 0.15) is 0 Å². The van der Waals surface area contributed by atoms with Crippen LogP contribution in [0.25, 0.3) is 87.2 Å². The predicted molar refractivity (Wildman–Crippen MR) is 245 cm³/mol. The monoisotopic (exact) mass is 723 g/mol. The number of fused-ring (bicyclic) bond motifs is 8. The second kappa shape index (κ2) is 13.7. The second-order valence-corrected chi connectivity index (χ2v) is 14.9. The Morgan fingerprint density at radius 3 is 1.44 bits per heavy atom. The van der Waals surface area contributed by atoms with Crippen LogP contribution in [0, 0.1) is 0 Å². The van der Waals surface area contributed by atoms with Gasteiger partial charge in [-0.1, -0.05) is 188 Å². The number of benzene rings is 11. The van der Waals surface area contributed by atoms with Crippen molar-refractivity contribution in [3.05, 3.63) is 224 Å². The summed E-state index contributed by atoms with van der Waals surface area (Å²) >= 11 is 0. The lowest BCUT2D eigenvalue weighted by Gasteiger charge is -2.26. The molecule has 11 aromatic carbocycles. The summed E-state index contributed by atoms with van der Waals surface area (Å²) in [5.41, 5.74) is 10.6. The lowest BCUT2D eigenvalue weighted by Crippen LogP contribution is -2.10. The van der Waals surface area contributed by atoms with Crippen LogP contribution in [-0.4, -0.2) is 0 Å². The van der Waals surface area contributed by atoms with E-state index in [9.17, 15) is 0 Å². The van der Waals surface area contributed by atoms with Gasteiger partial charge in [0.1, 0.15) is 0 Å².